The fourth-order valence-electron chi connectivity index (χ4n) is 3.38. The maximum atomic E-state index is 12.8. The monoisotopic (exact) mass is 407 g/mol. The van der Waals surface area contributed by atoms with Gasteiger partial charge in [-0.15, -0.1) is 11.3 Å². The van der Waals surface area contributed by atoms with Crippen LogP contribution in [0.3, 0.4) is 0 Å². The Morgan fingerprint density at radius 2 is 1.79 bits per heavy atom. The molecule has 1 aromatic heterocycles. The van der Waals surface area contributed by atoms with Crippen molar-refractivity contribution in [2.24, 2.45) is 0 Å². The summed E-state index contributed by atoms with van der Waals surface area (Å²) in [7, 11) is 0. The summed E-state index contributed by atoms with van der Waals surface area (Å²) < 4.78 is 1.03. The number of carbonyl (C=O) groups is 3. The summed E-state index contributed by atoms with van der Waals surface area (Å²) in [4.78, 5) is 38.3. The summed E-state index contributed by atoms with van der Waals surface area (Å²) in [5.41, 5.74) is 0.750. The topological polar surface area (TPSA) is 87.3 Å². The van der Waals surface area contributed by atoms with E-state index < -0.39 is 6.04 Å². The Bertz CT molecular complexity index is 1040. The third-order valence-electron chi connectivity index (χ3n) is 4.91. The van der Waals surface area contributed by atoms with Gasteiger partial charge in [-0.3, -0.25) is 14.4 Å². The molecule has 1 fully saturated rings. The Balaban J connectivity index is 1.52. The highest BCUT2D eigenvalue weighted by Gasteiger charge is 2.24. The first kappa shape index (κ1) is 19.1. The van der Waals surface area contributed by atoms with Gasteiger partial charge in [-0.05, 0) is 48.9 Å². The van der Waals surface area contributed by atoms with Crippen LogP contribution in [0.25, 0.3) is 10.1 Å². The average molecular weight is 407 g/mol. The third-order valence-corrected chi connectivity index (χ3v) is 6.02. The highest BCUT2D eigenvalue weighted by Crippen LogP contribution is 2.26. The lowest BCUT2D eigenvalue weighted by molar-refractivity contribution is -0.122. The molecule has 1 saturated heterocycles. The molecule has 0 saturated carbocycles. The molecule has 0 aliphatic carbocycles. The van der Waals surface area contributed by atoms with Crippen LogP contribution in [0, 0.1) is 0 Å². The van der Waals surface area contributed by atoms with Gasteiger partial charge in [0.15, 0.2) is 0 Å². The minimum absolute atomic E-state index is 0.164. The Morgan fingerprint density at radius 1 is 1.00 bits per heavy atom. The number of hydrogen-bond acceptors (Lipinski definition) is 4. The molecular formula is C22H21N3O3S. The van der Waals surface area contributed by atoms with E-state index in [1.54, 1.807) is 24.3 Å². The number of carbonyl (C=O) groups excluding carboxylic acids is 3. The highest BCUT2D eigenvalue weighted by molar-refractivity contribution is 7.20. The number of anilines is 1. The number of para-hydroxylation sites is 1. The van der Waals surface area contributed by atoms with Gasteiger partial charge in [-0.1, -0.05) is 30.3 Å². The number of fused-ring (bicyclic) bond motifs is 1. The molecule has 6 nitrogen and oxygen atoms in total. The zero-order valence-corrected chi connectivity index (χ0v) is 16.6. The van der Waals surface area contributed by atoms with Crippen LogP contribution in [0.4, 0.5) is 5.69 Å². The van der Waals surface area contributed by atoms with Crippen molar-refractivity contribution < 1.29 is 14.4 Å². The molecule has 2 aromatic carbocycles. The van der Waals surface area contributed by atoms with Gasteiger partial charge < -0.3 is 16.0 Å². The first-order valence-corrected chi connectivity index (χ1v) is 10.4. The van der Waals surface area contributed by atoms with Crippen molar-refractivity contribution in [3.63, 3.8) is 0 Å². The predicted molar refractivity (Wildman–Crippen MR) is 114 cm³/mol. The largest absolute Gasteiger partial charge is 0.354 e. The zero-order chi connectivity index (χ0) is 20.2. The fourth-order valence-corrected chi connectivity index (χ4v) is 4.34. The van der Waals surface area contributed by atoms with E-state index in [1.807, 2.05) is 30.3 Å². The van der Waals surface area contributed by atoms with E-state index in [1.165, 1.54) is 11.3 Å². The molecule has 1 atom stereocenters. The van der Waals surface area contributed by atoms with E-state index in [2.05, 4.69) is 16.0 Å². The standard InChI is InChI=1S/C22H21N3O3S/c26-20(25-17-10-5-6-12-23-21(17)27)15-8-2-3-9-16(15)24-22(28)19-13-14-7-1-4-11-18(14)29-19/h1-4,7-9,11,13,17H,5-6,10,12H2,(H,23,27)(H,24,28)(H,25,26)/t17-/m1/s1. The van der Waals surface area contributed by atoms with E-state index in [4.69, 9.17) is 0 Å². The molecule has 3 aromatic rings. The summed E-state index contributed by atoms with van der Waals surface area (Å²) in [6.45, 7) is 0.632. The van der Waals surface area contributed by atoms with Crippen molar-refractivity contribution in [1.82, 2.24) is 10.6 Å². The van der Waals surface area contributed by atoms with Gasteiger partial charge in [0.25, 0.3) is 11.8 Å². The van der Waals surface area contributed by atoms with Crippen LogP contribution in [-0.4, -0.2) is 30.3 Å². The summed E-state index contributed by atoms with van der Waals surface area (Å²) >= 11 is 1.40. The second kappa shape index (κ2) is 8.45. The van der Waals surface area contributed by atoms with Crippen LogP contribution in [0.15, 0.2) is 54.6 Å². The highest BCUT2D eigenvalue weighted by atomic mass is 32.1. The van der Waals surface area contributed by atoms with Gasteiger partial charge in [-0.25, -0.2) is 0 Å². The Hall–Kier alpha value is -3.19. The van der Waals surface area contributed by atoms with Crippen molar-refractivity contribution in [3.8, 4) is 0 Å². The smallest absolute Gasteiger partial charge is 0.265 e. The first-order valence-electron chi connectivity index (χ1n) is 9.59. The molecule has 29 heavy (non-hydrogen) atoms. The van der Waals surface area contributed by atoms with Crippen molar-refractivity contribution in [3.05, 3.63) is 65.0 Å². The molecule has 0 bridgehead atoms. The van der Waals surface area contributed by atoms with E-state index in [9.17, 15) is 14.4 Å². The molecule has 0 unspecified atom stereocenters. The van der Waals surface area contributed by atoms with Gasteiger partial charge in [0.2, 0.25) is 5.91 Å². The van der Waals surface area contributed by atoms with Gasteiger partial charge in [0, 0.05) is 11.2 Å². The number of hydrogen-bond donors (Lipinski definition) is 3. The fraction of sp³-hybridized carbons (Fsp3) is 0.227. The Kier molecular flexibility index (Phi) is 5.57. The van der Waals surface area contributed by atoms with Crippen LogP contribution < -0.4 is 16.0 Å². The second-order valence-corrected chi connectivity index (χ2v) is 8.04. The summed E-state index contributed by atoms with van der Waals surface area (Å²) in [5, 5.41) is 9.46. The van der Waals surface area contributed by atoms with Crippen molar-refractivity contribution >= 4 is 44.8 Å². The lowest BCUT2D eigenvalue weighted by Gasteiger charge is -2.17. The molecule has 2 heterocycles. The zero-order valence-electron chi connectivity index (χ0n) is 15.7. The van der Waals surface area contributed by atoms with E-state index in [-0.39, 0.29) is 17.7 Å². The molecule has 148 valence electrons. The van der Waals surface area contributed by atoms with Crippen molar-refractivity contribution in [2.45, 2.75) is 25.3 Å². The van der Waals surface area contributed by atoms with Crippen molar-refractivity contribution in [1.29, 1.82) is 0 Å². The van der Waals surface area contributed by atoms with E-state index in [0.29, 0.717) is 29.1 Å². The molecule has 0 radical (unpaired) electrons. The summed E-state index contributed by atoms with van der Waals surface area (Å²) in [5.74, 6) is -0.805. The summed E-state index contributed by atoms with van der Waals surface area (Å²) in [6.07, 6.45) is 2.38. The number of amides is 3. The number of thiophene rings is 1. The predicted octanol–water partition coefficient (Wildman–Crippen LogP) is 3.55. The average Bonchev–Trinajstić information content (AvgIpc) is 3.07. The first-order chi connectivity index (χ1) is 14.1. The summed E-state index contributed by atoms with van der Waals surface area (Å²) in [6, 6.07) is 15.9. The Morgan fingerprint density at radius 3 is 2.66 bits per heavy atom. The molecule has 4 rings (SSSR count). The lowest BCUT2D eigenvalue weighted by Crippen LogP contribution is -2.45. The van der Waals surface area contributed by atoms with Gasteiger partial charge in [0.05, 0.1) is 16.1 Å². The maximum Gasteiger partial charge on any atom is 0.265 e. The van der Waals surface area contributed by atoms with Crippen molar-refractivity contribution in [2.75, 3.05) is 11.9 Å². The molecule has 1 aliphatic rings. The number of nitrogens with one attached hydrogen (secondary N) is 3. The van der Waals surface area contributed by atoms with Gasteiger partial charge in [-0.2, -0.15) is 0 Å². The Labute approximate surface area is 172 Å². The van der Waals surface area contributed by atoms with Gasteiger partial charge >= 0.3 is 0 Å². The lowest BCUT2D eigenvalue weighted by atomic mass is 10.1. The SMILES string of the molecule is O=C(Nc1ccccc1C(=O)N[C@@H]1CCCCNC1=O)c1cc2ccccc2s1. The molecule has 7 heteroatoms. The second-order valence-electron chi connectivity index (χ2n) is 6.96. The third kappa shape index (κ3) is 4.30. The normalized spacial score (nSPS) is 16.7. The molecular weight excluding hydrogens is 386 g/mol. The van der Waals surface area contributed by atoms with Crippen LogP contribution in [0.2, 0.25) is 0 Å². The van der Waals surface area contributed by atoms with Crippen LogP contribution in [0.1, 0.15) is 39.3 Å². The maximum absolute atomic E-state index is 12.8. The molecule has 1 aliphatic heterocycles. The number of rotatable bonds is 4. The van der Waals surface area contributed by atoms with Crippen LogP contribution in [-0.2, 0) is 4.79 Å². The van der Waals surface area contributed by atoms with E-state index in [0.717, 1.165) is 22.9 Å². The van der Waals surface area contributed by atoms with Crippen LogP contribution >= 0.6 is 11.3 Å². The minimum Gasteiger partial charge on any atom is -0.354 e. The molecule has 0 spiro atoms. The van der Waals surface area contributed by atoms with E-state index >= 15 is 0 Å². The minimum atomic E-state index is -0.559. The molecule has 3 amide bonds. The van der Waals surface area contributed by atoms with Gasteiger partial charge in [0.1, 0.15) is 6.04 Å². The number of benzene rings is 2. The molecule has 3 N–H and O–H groups in total. The van der Waals surface area contributed by atoms with Crippen LogP contribution in [0.5, 0.6) is 0 Å². The quantitative estimate of drug-likeness (QED) is 0.618.